The van der Waals surface area contributed by atoms with Crippen molar-refractivity contribution in [1.82, 2.24) is 24.9 Å². The quantitative estimate of drug-likeness (QED) is 0.132. The van der Waals surface area contributed by atoms with Crippen molar-refractivity contribution < 1.29 is 27.5 Å². The van der Waals surface area contributed by atoms with Gasteiger partial charge in [0.2, 0.25) is 21.8 Å². The second kappa shape index (κ2) is 16.2. The number of benzene rings is 3. The van der Waals surface area contributed by atoms with Crippen LogP contribution in [-0.2, 0) is 30.8 Å². The van der Waals surface area contributed by atoms with Crippen LogP contribution in [0.1, 0.15) is 70.4 Å². The number of carbonyl (C=O) groups is 3. The van der Waals surface area contributed by atoms with E-state index in [1.807, 2.05) is 58.0 Å². The summed E-state index contributed by atoms with van der Waals surface area (Å²) in [6, 6.07) is 16.9. The Morgan fingerprint density at radius 3 is 2.37 bits per heavy atom. The van der Waals surface area contributed by atoms with E-state index in [1.165, 1.54) is 4.31 Å². The molecule has 1 atom stereocenters. The first-order chi connectivity index (χ1) is 25.6. The highest BCUT2D eigenvalue weighted by Gasteiger charge is 2.31. The van der Waals surface area contributed by atoms with Crippen LogP contribution >= 0.6 is 0 Å². The van der Waals surface area contributed by atoms with Crippen molar-refractivity contribution in [3.63, 3.8) is 0 Å². The second-order valence-corrected chi connectivity index (χ2v) is 17.4. The Morgan fingerprint density at radius 2 is 1.65 bits per heavy atom. The number of alkyl carbamates (subject to hydrolysis) is 1. The summed E-state index contributed by atoms with van der Waals surface area (Å²) in [5.41, 5.74) is 3.91. The van der Waals surface area contributed by atoms with Gasteiger partial charge in [-0.25, -0.2) is 18.0 Å². The van der Waals surface area contributed by atoms with E-state index in [4.69, 9.17) is 4.74 Å². The minimum atomic E-state index is -3.62. The number of sulfonamides is 1. The van der Waals surface area contributed by atoms with Crippen molar-refractivity contribution in [1.29, 1.82) is 0 Å². The van der Waals surface area contributed by atoms with Gasteiger partial charge in [0.05, 0.1) is 15.9 Å². The van der Waals surface area contributed by atoms with E-state index in [0.717, 1.165) is 47.9 Å². The lowest BCUT2D eigenvalue weighted by Gasteiger charge is -2.29. The van der Waals surface area contributed by atoms with Gasteiger partial charge in [0.1, 0.15) is 11.6 Å². The molecule has 6 rings (SSSR count). The lowest BCUT2D eigenvalue weighted by atomic mass is 9.81. The molecule has 14 heteroatoms. The monoisotopic (exact) mass is 758 g/mol. The highest BCUT2D eigenvalue weighted by atomic mass is 32.2. The standard InChI is InChI=1S/C40H50N6O7S/c1-25-10-16-31(54(51,52)46-18-5-6-19-46)23-32(25)29-9-7-8-27(20-29)21-35(37(48)42-30-15-17-33-34(22-30)45-38(49)44-33)43-36(47)28-13-11-26(12-14-28)24-41-39(50)53-40(2,3)4/h7-10,15-17,20,22-23,26,28,35H,5-6,11-14,18-19,21,24H2,1-4H3,(H,41,50)(H,42,48)(H,43,47)(H2,44,45,49)/t26?,28?,35-/m0/s1. The largest absolute Gasteiger partial charge is 0.444 e. The van der Waals surface area contributed by atoms with Gasteiger partial charge >= 0.3 is 11.8 Å². The highest BCUT2D eigenvalue weighted by Crippen LogP contribution is 2.31. The minimum Gasteiger partial charge on any atom is -0.444 e. The lowest BCUT2D eigenvalue weighted by molar-refractivity contribution is -0.130. The minimum absolute atomic E-state index is 0.175. The van der Waals surface area contributed by atoms with Gasteiger partial charge in [0, 0.05) is 37.7 Å². The fraction of sp³-hybridized carbons (Fsp3) is 0.450. The number of carbonyl (C=O) groups excluding carboxylic acids is 3. The summed E-state index contributed by atoms with van der Waals surface area (Å²) in [5.74, 6) is -0.721. The van der Waals surface area contributed by atoms with Crippen LogP contribution in [0.2, 0.25) is 0 Å². The maximum Gasteiger partial charge on any atom is 0.407 e. The molecule has 5 N–H and O–H groups in total. The molecule has 3 aromatic carbocycles. The third-order valence-electron chi connectivity index (χ3n) is 10.2. The van der Waals surface area contributed by atoms with Crippen molar-refractivity contribution in [3.8, 4) is 11.1 Å². The number of ether oxygens (including phenoxy) is 1. The molecular formula is C40H50N6O7S. The van der Waals surface area contributed by atoms with Crippen molar-refractivity contribution in [2.24, 2.45) is 11.8 Å². The van der Waals surface area contributed by atoms with E-state index in [9.17, 15) is 27.6 Å². The van der Waals surface area contributed by atoms with Gasteiger partial charge in [-0.3, -0.25) is 9.59 Å². The molecule has 3 amide bonds. The van der Waals surface area contributed by atoms with Crippen molar-refractivity contribution in [3.05, 3.63) is 82.3 Å². The van der Waals surface area contributed by atoms with Gasteiger partial charge in [0.25, 0.3) is 0 Å². The van der Waals surface area contributed by atoms with Crippen LogP contribution in [0.4, 0.5) is 10.5 Å². The molecule has 1 saturated carbocycles. The van der Waals surface area contributed by atoms with E-state index in [0.29, 0.717) is 49.2 Å². The second-order valence-electron chi connectivity index (χ2n) is 15.5. The number of hydrogen-bond donors (Lipinski definition) is 5. The molecule has 0 bridgehead atoms. The molecular weight excluding hydrogens is 709 g/mol. The smallest absolute Gasteiger partial charge is 0.407 e. The molecule has 0 radical (unpaired) electrons. The third-order valence-corrected chi connectivity index (χ3v) is 12.1. The first-order valence-electron chi connectivity index (χ1n) is 18.6. The van der Waals surface area contributed by atoms with Gasteiger partial charge in [-0.05, 0) is 125 Å². The SMILES string of the molecule is Cc1ccc(S(=O)(=O)N2CCCC2)cc1-c1cccc(C[C@H](NC(=O)C2CCC(CNC(=O)OC(C)(C)C)CC2)C(=O)Nc2ccc3[nH]c(=O)[nH]c3c2)c1. The summed E-state index contributed by atoms with van der Waals surface area (Å²) in [4.78, 5) is 57.3. The van der Waals surface area contributed by atoms with Crippen LogP contribution in [0.5, 0.6) is 0 Å². The van der Waals surface area contributed by atoms with Crippen molar-refractivity contribution in [2.75, 3.05) is 25.0 Å². The Bertz CT molecular complexity index is 2170. The Labute approximate surface area is 315 Å². The summed E-state index contributed by atoms with van der Waals surface area (Å²) in [5, 5.41) is 8.78. The van der Waals surface area contributed by atoms with Gasteiger partial charge in [-0.1, -0.05) is 30.3 Å². The summed E-state index contributed by atoms with van der Waals surface area (Å²) in [6.07, 6.45) is 4.13. The average molecular weight is 759 g/mol. The Kier molecular flexibility index (Phi) is 11.6. The van der Waals surface area contributed by atoms with Gasteiger partial charge in [-0.2, -0.15) is 4.31 Å². The van der Waals surface area contributed by atoms with Gasteiger partial charge in [-0.15, -0.1) is 0 Å². The fourth-order valence-corrected chi connectivity index (χ4v) is 8.80. The Hall–Kier alpha value is -4.95. The maximum atomic E-state index is 13.9. The molecule has 4 aromatic rings. The maximum absolute atomic E-state index is 13.9. The summed E-state index contributed by atoms with van der Waals surface area (Å²) in [6.45, 7) is 8.87. The fourth-order valence-electron chi connectivity index (χ4n) is 7.26. The number of H-pyrrole nitrogens is 2. The number of imidazole rings is 1. The lowest BCUT2D eigenvalue weighted by Crippen LogP contribution is -2.48. The molecule has 0 unspecified atom stereocenters. The number of nitrogens with zero attached hydrogens (tertiary/aromatic N) is 1. The number of rotatable bonds is 11. The summed E-state index contributed by atoms with van der Waals surface area (Å²) >= 11 is 0. The van der Waals surface area contributed by atoms with E-state index in [1.54, 1.807) is 30.3 Å². The van der Waals surface area contributed by atoms with Crippen LogP contribution in [-0.4, -0.2) is 71.9 Å². The highest BCUT2D eigenvalue weighted by molar-refractivity contribution is 7.89. The summed E-state index contributed by atoms with van der Waals surface area (Å²) < 4.78 is 33.7. The van der Waals surface area contributed by atoms with E-state index in [2.05, 4.69) is 25.9 Å². The molecule has 1 saturated heterocycles. The molecule has 2 fully saturated rings. The zero-order valence-corrected chi connectivity index (χ0v) is 32.1. The Balaban J connectivity index is 1.18. The molecule has 288 valence electrons. The molecule has 1 aliphatic carbocycles. The molecule has 54 heavy (non-hydrogen) atoms. The van der Waals surface area contributed by atoms with Crippen molar-refractivity contribution >= 4 is 44.7 Å². The van der Waals surface area contributed by atoms with Gasteiger partial charge < -0.3 is 30.7 Å². The van der Waals surface area contributed by atoms with Crippen LogP contribution in [0.15, 0.2) is 70.4 Å². The predicted octanol–water partition coefficient (Wildman–Crippen LogP) is 5.61. The van der Waals surface area contributed by atoms with Crippen LogP contribution < -0.4 is 21.6 Å². The van der Waals surface area contributed by atoms with E-state index in [-0.39, 0.29) is 34.7 Å². The first kappa shape index (κ1) is 38.8. The molecule has 1 aliphatic heterocycles. The van der Waals surface area contributed by atoms with Crippen LogP contribution in [0, 0.1) is 18.8 Å². The Morgan fingerprint density at radius 1 is 0.926 bits per heavy atom. The molecule has 1 aromatic heterocycles. The number of anilines is 1. The number of aromatic amines is 2. The summed E-state index contributed by atoms with van der Waals surface area (Å²) in [7, 11) is -3.62. The van der Waals surface area contributed by atoms with Gasteiger partial charge in [0.15, 0.2) is 0 Å². The average Bonchev–Trinajstić information content (AvgIpc) is 3.80. The van der Waals surface area contributed by atoms with Crippen LogP contribution in [0.25, 0.3) is 22.2 Å². The number of hydrogen-bond acceptors (Lipinski definition) is 7. The number of aromatic nitrogens is 2. The predicted molar refractivity (Wildman–Crippen MR) is 207 cm³/mol. The number of nitrogens with one attached hydrogen (secondary N) is 5. The molecule has 2 heterocycles. The van der Waals surface area contributed by atoms with E-state index < -0.39 is 33.7 Å². The topological polar surface area (TPSA) is 183 Å². The number of amides is 3. The van der Waals surface area contributed by atoms with Crippen LogP contribution in [0.3, 0.4) is 0 Å². The molecule has 0 spiro atoms. The van der Waals surface area contributed by atoms with E-state index >= 15 is 0 Å². The third kappa shape index (κ3) is 9.58. The normalized spacial score (nSPS) is 18.6. The number of aryl methyl sites for hydroxylation is 1. The molecule has 13 nitrogen and oxygen atoms in total. The molecule has 2 aliphatic rings. The zero-order chi connectivity index (χ0) is 38.6. The first-order valence-corrected chi connectivity index (χ1v) is 20.1. The number of fused-ring (bicyclic) bond motifs is 1. The zero-order valence-electron chi connectivity index (χ0n) is 31.3. The van der Waals surface area contributed by atoms with Crippen molar-refractivity contribution in [2.45, 2.75) is 89.2 Å².